The number of benzene rings is 4. The zero-order valence-corrected chi connectivity index (χ0v) is 21.8. The fraction of sp³-hybridized carbons (Fsp3) is 0.0323. The highest BCUT2D eigenvalue weighted by Crippen LogP contribution is 2.44. The van der Waals surface area contributed by atoms with Crippen molar-refractivity contribution in [3.63, 3.8) is 0 Å². The number of fused-ring (bicyclic) bond motifs is 3. The minimum absolute atomic E-state index is 1.05. The third kappa shape index (κ3) is 4.16. The highest BCUT2D eigenvalue weighted by Gasteiger charge is 2.16. The summed E-state index contributed by atoms with van der Waals surface area (Å²) in [4.78, 5) is 8.38. The summed E-state index contributed by atoms with van der Waals surface area (Å²) in [6.07, 6.45) is 7.36. The van der Waals surface area contributed by atoms with Crippen molar-refractivity contribution < 1.29 is 0 Å². The number of aromatic nitrogens is 2. The Kier molecular flexibility index (Phi) is 5.99. The number of hydrogen-bond donors (Lipinski definition) is 2. The van der Waals surface area contributed by atoms with Crippen LogP contribution in [0, 0.1) is 3.57 Å². The van der Waals surface area contributed by atoms with Crippen molar-refractivity contribution in [2.24, 2.45) is 0 Å². The van der Waals surface area contributed by atoms with Gasteiger partial charge >= 0.3 is 0 Å². The van der Waals surface area contributed by atoms with Crippen LogP contribution in [0.5, 0.6) is 0 Å². The van der Waals surface area contributed by atoms with Crippen LogP contribution >= 0.6 is 22.6 Å². The SMILES string of the molecule is CNc1c(Nc2ccc(I)cc2)c2ccc(-c3ccncc3)cc2c2cc(-c3ccncc3)ccc12. The molecule has 6 rings (SSSR count). The summed E-state index contributed by atoms with van der Waals surface area (Å²) in [7, 11) is 1.99. The summed E-state index contributed by atoms with van der Waals surface area (Å²) >= 11 is 2.34. The third-order valence-corrected chi connectivity index (χ3v) is 7.23. The molecular weight excluding hydrogens is 555 g/mol. The highest BCUT2D eigenvalue weighted by molar-refractivity contribution is 14.1. The van der Waals surface area contributed by atoms with Gasteiger partial charge < -0.3 is 10.6 Å². The number of anilines is 3. The van der Waals surface area contributed by atoms with E-state index in [1.165, 1.54) is 25.3 Å². The second-order valence-electron chi connectivity index (χ2n) is 8.62. The number of hydrogen-bond acceptors (Lipinski definition) is 4. The average Bonchev–Trinajstić information content (AvgIpc) is 2.95. The van der Waals surface area contributed by atoms with Gasteiger partial charge in [-0.15, -0.1) is 0 Å². The summed E-state index contributed by atoms with van der Waals surface area (Å²) < 4.78 is 1.21. The zero-order valence-electron chi connectivity index (χ0n) is 19.7. The minimum Gasteiger partial charge on any atom is -0.386 e. The van der Waals surface area contributed by atoms with Gasteiger partial charge in [0.25, 0.3) is 0 Å². The first kappa shape index (κ1) is 22.5. The first-order chi connectivity index (χ1) is 17.7. The van der Waals surface area contributed by atoms with Crippen molar-refractivity contribution in [2.45, 2.75) is 0 Å². The van der Waals surface area contributed by atoms with Crippen molar-refractivity contribution in [3.05, 3.63) is 113 Å². The van der Waals surface area contributed by atoms with Crippen molar-refractivity contribution >= 4 is 61.2 Å². The van der Waals surface area contributed by atoms with E-state index in [4.69, 9.17) is 0 Å². The van der Waals surface area contributed by atoms with Gasteiger partial charge in [-0.3, -0.25) is 9.97 Å². The molecule has 0 bridgehead atoms. The molecule has 0 atom stereocenters. The van der Waals surface area contributed by atoms with E-state index in [-0.39, 0.29) is 0 Å². The van der Waals surface area contributed by atoms with E-state index in [1.54, 1.807) is 0 Å². The average molecular weight is 578 g/mol. The lowest BCUT2D eigenvalue weighted by Gasteiger charge is -2.20. The van der Waals surface area contributed by atoms with E-state index in [1.807, 2.05) is 31.8 Å². The summed E-state index contributed by atoms with van der Waals surface area (Å²) in [5, 5.41) is 11.9. The molecule has 0 fully saturated rings. The number of nitrogens with one attached hydrogen (secondary N) is 2. The topological polar surface area (TPSA) is 49.8 Å². The van der Waals surface area contributed by atoms with Crippen molar-refractivity contribution in [3.8, 4) is 22.3 Å². The lowest BCUT2D eigenvalue weighted by atomic mass is 9.92. The van der Waals surface area contributed by atoms with E-state index in [9.17, 15) is 0 Å². The Hall–Kier alpha value is -3.97. The van der Waals surface area contributed by atoms with Gasteiger partial charge in [-0.05, 0) is 116 Å². The lowest BCUT2D eigenvalue weighted by molar-refractivity contribution is 1.33. The van der Waals surface area contributed by atoms with Gasteiger partial charge in [0, 0.05) is 51.9 Å². The summed E-state index contributed by atoms with van der Waals surface area (Å²) in [5.41, 5.74) is 7.83. The Morgan fingerprint density at radius 1 is 0.528 bits per heavy atom. The Labute approximate surface area is 223 Å². The van der Waals surface area contributed by atoms with E-state index in [2.05, 4.69) is 128 Å². The minimum atomic E-state index is 1.05. The van der Waals surface area contributed by atoms with Gasteiger partial charge in [0.05, 0.1) is 11.4 Å². The monoisotopic (exact) mass is 578 g/mol. The molecule has 0 radical (unpaired) electrons. The zero-order chi connectivity index (χ0) is 24.5. The van der Waals surface area contributed by atoms with Gasteiger partial charge in [-0.2, -0.15) is 0 Å². The van der Waals surface area contributed by atoms with Gasteiger partial charge in [0.15, 0.2) is 0 Å². The first-order valence-corrected chi connectivity index (χ1v) is 12.8. The Balaban J connectivity index is 1.65. The molecule has 0 aliphatic carbocycles. The molecule has 2 heterocycles. The molecule has 0 saturated carbocycles. The molecule has 0 saturated heterocycles. The Morgan fingerprint density at radius 2 is 1.03 bits per heavy atom. The van der Waals surface area contributed by atoms with E-state index >= 15 is 0 Å². The van der Waals surface area contributed by atoms with E-state index < -0.39 is 0 Å². The normalized spacial score (nSPS) is 11.1. The largest absolute Gasteiger partial charge is 0.386 e. The van der Waals surface area contributed by atoms with Crippen LogP contribution < -0.4 is 10.6 Å². The second kappa shape index (κ2) is 9.59. The maximum absolute atomic E-state index is 4.19. The fourth-order valence-electron chi connectivity index (χ4n) is 4.75. The number of halogens is 1. The highest BCUT2D eigenvalue weighted by atomic mass is 127. The first-order valence-electron chi connectivity index (χ1n) is 11.8. The van der Waals surface area contributed by atoms with Crippen LogP contribution in [0.4, 0.5) is 17.1 Å². The molecule has 0 spiro atoms. The molecule has 5 heteroatoms. The van der Waals surface area contributed by atoms with Crippen LogP contribution in [-0.2, 0) is 0 Å². The van der Waals surface area contributed by atoms with Gasteiger partial charge in [0.2, 0.25) is 0 Å². The molecule has 36 heavy (non-hydrogen) atoms. The van der Waals surface area contributed by atoms with Crippen molar-refractivity contribution in [2.75, 3.05) is 17.7 Å². The number of nitrogens with zero attached hydrogens (tertiary/aromatic N) is 2. The molecule has 0 amide bonds. The molecule has 0 aliphatic heterocycles. The molecule has 2 aromatic heterocycles. The van der Waals surface area contributed by atoms with Crippen LogP contribution in [0.15, 0.2) is 110 Å². The third-order valence-electron chi connectivity index (χ3n) is 6.51. The Morgan fingerprint density at radius 3 is 1.53 bits per heavy atom. The predicted octanol–water partition coefficient (Wildman–Crippen LogP) is 8.51. The molecule has 2 N–H and O–H groups in total. The Bertz CT molecular complexity index is 1680. The maximum atomic E-state index is 4.19. The van der Waals surface area contributed by atoms with Gasteiger partial charge in [0.1, 0.15) is 0 Å². The van der Waals surface area contributed by atoms with Crippen LogP contribution in [0.2, 0.25) is 0 Å². The maximum Gasteiger partial charge on any atom is 0.0706 e. The lowest BCUT2D eigenvalue weighted by Crippen LogP contribution is -2.00. The number of rotatable bonds is 5. The molecule has 174 valence electrons. The standard InChI is InChI=1S/C31H23IN4/c1-33-30-26-8-2-22(20-10-14-34-15-11-20)18-28(26)29-19-23(21-12-16-35-17-13-21)3-9-27(29)31(30)36-25-6-4-24(32)5-7-25/h2-19,33,36H,1H3. The summed E-state index contributed by atoms with van der Waals surface area (Å²) in [6, 6.07) is 30.1. The second-order valence-corrected chi connectivity index (χ2v) is 9.87. The number of pyridine rings is 2. The van der Waals surface area contributed by atoms with Crippen LogP contribution in [0.25, 0.3) is 43.8 Å². The molecular formula is C31H23IN4. The van der Waals surface area contributed by atoms with Crippen molar-refractivity contribution in [1.82, 2.24) is 9.97 Å². The van der Waals surface area contributed by atoms with E-state index in [0.29, 0.717) is 0 Å². The van der Waals surface area contributed by atoms with Crippen LogP contribution in [-0.4, -0.2) is 17.0 Å². The molecule has 4 nitrogen and oxygen atoms in total. The molecule has 0 aliphatic rings. The van der Waals surface area contributed by atoms with Crippen molar-refractivity contribution in [1.29, 1.82) is 0 Å². The smallest absolute Gasteiger partial charge is 0.0706 e. The fourth-order valence-corrected chi connectivity index (χ4v) is 5.11. The van der Waals surface area contributed by atoms with Crippen LogP contribution in [0.1, 0.15) is 0 Å². The quantitative estimate of drug-likeness (QED) is 0.122. The predicted molar refractivity (Wildman–Crippen MR) is 160 cm³/mol. The summed E-state index contributed by atoms with van der Waals surface area (Å²) in [6.45, 7) is 0. The summed E-state index contributed by atoms with van der Waals surface area (Å²) in [5.74, 6) is 0. The van der Waals surface area contributed by atoms with Gasteiger partial charge in [-0.25, -0.2) is 0 Å². The molecule has 0 unspecified atom stereocenters. The molecule has 4 aromatic carbocycles. The van der Waals surface area contributed by atoms with Crippen LogP contribution in [0.3, 0.4) is 0 Å². The van der Waals surface area contributed by atoms with Gasteiger partial charge in [-0.1, -0.05) is 24.3 Å². The molecule has 6 aromatic rings. The van der Waals surface area contributed by atoms with E-state index in [0.717, 1.165) is 39.1 Å².